The van der Waals surface area contributed by atoms with Crippen molar-refractivity contribution in [3.05, 3.63) is 0 Å². The van der Waals surface area contributed by atoms with E-state index in [0.717, 1.165) is 70.8 Å². The van der Waals surface area contributed by atoms with Gasteiger partial charge in [0, 0.05) is 39.3 Å². The second-order valence-electron chi connectivity index (χ2n) is 7.02. The number of piperidine rings is 1. The molecule has 0 aromatic rings. The summed E-state index contributed by atoms with van der Waals surface area (Å²) in [4.78, 5) is 9.75. The average molecular weight is 340 g/mol. The number of rotatable bonds is 8. The van der Waals surface area contributed by atoms with E-state index in [1.165, 1.54) is 32.5 Å². The highest BCUT2D eigenvalue weighted by Crippen LogP contribution is 2.15. The summed E-state index contributed by atoms with van der Waals surface area (Å²) in [6.07, 6.45) is 3.86. The predicted molar refractivity (Wildman–Crippen MR) is 101 cm³/mol. The molecule has 2 N–H and O–H groups in total. The molecule has 0 unspecified atom stereocenters. The van der Waals surface area contributed by atoms with Crippen LogP contribution in [0.4, 0.5) is 0 Å². The Hall–Kier alpha value is -0.850. The molecule has 140 valence electrons. The maximum Gasteiger partial charge on any atom is 0.191 e. The van der Waals surface area contributed by atoms with Crippen LogP contribution in [0.3, 0.4) is 0 Å². The monoisotopic (exact) mass is 339 g/mol. The van der Waals surface area contributed by atoms with Crippen LogP contribution in [0.1, 0.15) is 33.1 Å². The van der Waals surface area contributed by atoms with Crippen molar-refractivity contribution in [2.24, 2.45) is 10.9 Å². The van der Waals surface area contributed by atoms with Crippen molar-refractivity contribution in [2.75, 3.05) is 72.1 Å². The van der Waals surface area contributed by atoms with Crippen LogP contribution in [0, 0.1) is 5.92 Å². The molecule has 0 amide bonds. The molecule has 0 aliphatic carbocycles. The highest BCUT2D eigenvalue weighted by atomic mass is 16.5. The number of nitrogens with zero attached hydrogens (tertiary/aromatic N) is 3. The highest BCUT2D eigenvalue weighted by molar-refractivity contribution is 5.79. The molecule has 6 nitrogen and oxygen atoms in total. The van der Waals surface area contributed by atoms with E-state index in [9.17, 15) is 0 Å². The maximum atomic E-state index is 5.38. The van der Waals surface area contributed by atoms with Crippen LogP contribution in [0.5, 0.6) is 0 Å². The standard InChI is InChI=1S/C18H37N5O/c1-3-19-18(21-8-12-23-13-15-24-16-14-23)20-7-4-9-22-10-5-17(2)6-11-22/h17H,3-16H2,1-2H3,(H2,19,20,21). The van der Waals surface area contributed by atoms with Gasteiger partial charge in [0.1, 0.15) is 0 Å². The third kappa shape index (κ3) is 7.81. The summed E-state index contributed by atoms with van der Waals surface area (Å²) >= 11 is 0. The molecular weight excluding hydrogens is 302 g/mol. The fraction of sp³-hybridized carbons (Fsp3) is 0.944. The van der Waals surface area contributed by atoms with Gasteiger partial charge in [0.05, 0.1) is 13.2 Å². The lowest BCUT2D eigenvalue weighted by atomic mass is 9.99. The summed E-state index contributed by atoms with van der Waals surface area (Å²) in [5.41, 5.74) is 0. The SMILES string of the molecule is CCNC(=NCCCN1CCC(C)CC1)NCCN1CCOCC1. The molecule has 0 atom stereocenters. The Labute approximate surface area is 148 Å². The van der Waals surface area contributed by atoms with Crippen LogP contribution < -0.4 is 10.6 Å². The van der Waals surface area contributed by atoms with E-state index in [1.54, 1.807) is 0 Å². The highest BCUT2D eigenvalue weighted by Gasteiger charge is 2.14. The third-order valence-electron chi connectivity index (χ3n) is 4.95. The van der Waals surface area contributed by atoms with Gasteiger partial charge in [0.15, 0.2) is 5.96 Å². The minimum atomic E-state index is 0.865. The molecule has 2 aliphatic rings. The molecule has 2 fully saturated rings. The van der Waals surface area contributed by atoms with Gasteiger partial charge in [-0.05, 0) is 51.7 Å². The average Bonchev–Trinajstić information content (AvgIpc) is 2.61. The zero-order valence-corrected chi connectivity index (χ0v) is 15.7. The smallest absolute Gasteiger partial charge is 0.191 e. The van der Waals surface area contributed by atoms with Gasteiger partial charge in [-0.2, -0.15) is 0 Å². The van der Waals surface area contributed by atoms with Crippen LogP contribution >= 0.6 is 0 Å². The second kappa shape index (κ2) is 11.7. The fourth-order valence-electron chi connectivity index (χ4n) is 3.27. The summed E-state index contributed by atoms with van der Waals surface area (Å²) < 4.78 is 5.38. The molecule has 2 heterocycles. The number of aliphatic imine (C=N–C) groups is 1. The summed E-state index contributed by atoms with van der Waals surface area (Å²) in [5.74, 6) is 1.87. The zero-order valence-electron chi connectivity index (χ0n) is 15.7. The van der Waals surface area contributed by atoms with Crippen molar-refractivity contribution in [2.45, 2.75) is 33.1 Å². The first-order valence-electron chi connectivity index (χ1n) is 9.82. The predicted octanol–water partition coefficient (Wildman–Crippen LogP) is 0.996. The normalized spacial score (nSPS) is 21.8. The fourth-order valence-corrected chi connectivity index (χ4v) is 3.27. The van der Waals surface area contributed by atoms with Gasteiger partial charge in [-0.15, -0.1) is 0 Å². The van der Waals surface area contributed by atoms with Crippen LogP contribution in [0.2, 0.25) is 0 Å². The summed E-state index contributed by atoms with van der Waals surface area (Å²) in [7, 11) is 0. The van der Waals surface area contributed by atoms with Crippen molar-refractivity contribution in [1.29, 1.82) is 0 Å². The maximum absolute atomic E-state index is 5.38. The lowest BCUT2D eigenvalue weighted by molar-refractivity contribution is 0.0389. The molecule has 0 saturated carbocycles. The first-order chi connectivity index (χ1) is 11.8. The molecule has 2 aliphatic heterocycles. The number of guanidine groups is 1. The Bertz CT molecular complexity index is 349. The minimum absolute atomic E-state index is 0.865. The Kier molecular flexibility index (Phi) is 9.46. The summed E-state index contributed by atoms with van der Waals surface area (Å²) in [5, 5.41) is 6.80. The third-order valence-corrected chi connectivity index (χ3v) is 4.95. The molecule has 2 rings (SSSR count). The van der Waals surface area contributed by atoms with Gasteiger partial charge in [-0.3, -0.25) is 9.89 Å². The molecule has 24 heavy (non-hydrogen) atoms. The van der Waals surface area contributed by atoms with Crippen LogP contribution in [0.25, 0.3) is 0 Å². The molecule has 0 bridgehead atoms. The molecule has 0 radical (unpaired) electrons. The van der Waals surface area contributed by atoms with E-state index in [0.29, 0.717) is 0 Å². The molecule has 0 spiro atoms. The molecule has 6 heteroatoms. The van der Waals surface area contributed by atoms with Crippen molar-refractivity contribution in [3.8, 4) is 0 Å². The number of morpholine rings is 1. The van der Waals surface area contributed by atoms with Gasteiger partial charge < -0.3 is 20.3 Å². The number of ether oxygens (including phenoxy) is 1. The van der Waals surface area contributed by atoms with Crippen LogP contribution in [0.15, 0.2) is 4.99 Å². The van der Waals surface area contributed by atoms with E-state index in [2.05, 4.69) is 34.3 Å². The topological polar surface area (TPSA) is 52.1 Å². The Morgan fingerprint density at radius 3 is 2.46 bits per heavy atom. The van der Waals surface area contributed by atoms with E-state index >= 15 is 0 Å². The van der Waals surface area contributed by atoms with E-state index in [1.807, 2.05) is 0 Å². The Morgan fingerprint density at radius 1 is 1.04 bits per heavy atom. The number of hydrogen-bond donors (Lipinski definition) is 2. The van der Waals surface area contributed by atoms with Gasteiger partial charge >= 0.3 is 0 Å². The van der Waals surface area contributed by atoms with Gasteiger partial charge in [0.2, 0.25) is 0 Å². The molecule has 2 saturated heterocycles. The van der Waals surface area contributed by atoms with Crippen molar-refractivity contribution in [3.63, 3.8) is 0 Å². The Balaban J connectivity index is 1.58. The van der Waals surface area contributed by atoms with Crippen LogP contribution in [-0.4, -0.2) is 87.9 Å². The van der Waals surface area contributed by atoms with Crippen molar-refractivity contribution >= 4 is 5.96 Å². The number of hydrogen-bond acceptors (Lipinski definition) is 4. The van der Waals surface area contributed by atoms with Gasteiger partial charge in [0.25, 0.3) is 0 Å². The van der Waals surface area contributed by atoms with E-state index in [4.69, 9.17) is 9.73 Å². The number of likely N-dealkylation sites (tertiary alicyclic amines) is 1. The van der Waals surface area contributed by atoms with Gasteiger partial charge in [-0.1, -0.05) is 6.92 Å². The quantitative estimate of drug-likeness (QED) is 0.392. The molecule has 0 aromatic heterocycles. The first-order valence-corrected chi connectivity index (χ1v) is 9.82. The number of nitrogens with one attached hydrogen (secondary N) is 2. The first kappa shape index (κ1) is 19.5. The van der Waals surface area contributed by atoms with E-state index in [-0.39, 0.29) is 0 Å². The second-order valence-corrected chi connectivity index (χ2v) is 7.02. The lowest BCUT2D eigenvalue weighted by Crippen LogP contribution is -2.44. The van der Waals surface area contributed by atoms with Crippen molar-refractivity contribution in [1.82, 2.24) is 20.4 Å². The Morgan fingerprint density at radius 2 is 1.75 bits per heavy atom. The van der Waals surface area contributed by atoms with Crippen LogP contribution in [-0.2, 0) is 4.74 Å². The minimum Gasteiger partial charge on any atom is -0.379 e. The van der Waals surface area contributed by atoms with Gasteiger partial charge in [-0.25, -0.2) is 0 Å². The largest absolute Gasteiger partial charge is 0.379 e. The summed E-state index contributed by atoms with van der Waals surface area (Å²) in [6, 6.07) is 0. The lowest BCUT2D eigenvalue weighted by Gasteiger charge is -2.29. The molecule has 0 aromatic carbocycles. The summed E-state index contributed by atoms with van der Waals surface area (Å²) in [6.45, 7) is 15.8. The van der Waals surface area contributed by atoms with Crippen molar-refractivity contribution < 1.29 is 4.74 Å². The zero-order chi connectivity index (χ0) is 17.0. The van der Waals surface area contributed by atoms with E-state index < -0.39 is 0 Å². The molecular formula is C18H37N5O.